The van der Waals surface area contributed by atoms with Gasteiger partial charge >= 0.3 is 5.97 Å². The number of hydrogen-bond acceptors (Lipinski definition) is 6. The average molecular weight is 442 g/mol. The number of benzene rings is 3. The number of methoxy groups -OCH3 is 1. The fourth-order valence-corrected chi connectivity index (χ4v) is 4.83. The van der Waals surface area contributed by atoms with Crippen LogP contribution in [0.5, 0.6) is 5.75 Å². The van der Waals surface area contributed by atoms with E-state index < -0.39 is 16.0 Å². The SMILES string of the molecule is COc1ccc2cc(COC(=O)c3ccc(S(=O)(=O)N4CCOCC4)cc3)ccc2c1. The van der Waals surface area contributed by atoms with Crippen molar-refractivity contribution in [2.24, 2.45) is 0 Å². The van der Waals surface area contributed by atoms with Gasteiger partial charge in [-0.3, -0.25) is 0 Å². The highest BCUT2D eigenvalue weighted by Crippen LogP contribution is 2.23. The van der Waals surface area contributed by atoms with Crippen molar-refractivity contribution in [3.8, 4) is 5.75 Å². The fraction of sp³-hybridized carbons (Fsp3) is 0.261. The molecule has 1 fully saturated rings. The second-order valence-corrected chi connectivity index (χ2v) is 9.10. The molecule has 0 aliphatic carbocycles. The van der Waals surface area contributed by atoms with Gasteiger partial charge in [-0.1, -0.05) is 18.2 Å². The normalized spacial score (nSPS) is 15.0. The lowest BCUT2D eigenvalue weighted by atomic mass is 10.1. The predicted molar refractivity (Wildman–Crippen MR) is 116 cm³/mol. The number of esters is 1. The van der Waals surface area contributed by atoms with Crippen molar-refractivity contribution in [3.05, 3.63) is 71.8 Å². The molecule has 3 aromatic carbocycles. The Morgan fingerprint density at radius 3 is 2.35 bits per heavy atom. The Balaban J connectivity index is 1.41. The number of carbonyl (C=O) groups excluding carboxylic acids is 1. The standard InChI is InChI=1S/C23H23NO6S/c1-28-21-7-4-19-14-17(2-3-20(19)15-21)16-30-23(25)18-5-8-22(9-6-18)31(26,27)24-10-12-29-13-11-24/h2-9,14-15H,10-13,16H2,1H3. The van der Waals surface area contributed by atoms with Crippen molar-refractivity contribution in [3.63, 3.8) is 0 Å². The van der Waals surface area contributed by atoms with Gasteiger partial charge in [-0.15, -0.1) is 0 Å². The van der Waals surface area contributed by atoms with Crippen molar-refractivity contribution in [1.82, 2.24) is 4.31 Å². The molecule has 0 bridgehead atoms. The summed E-state index contributed by atoms with van der Waals surface area (Å²) < 4.78 is 42.6. The van der Waals surface area contributed by atoms with Gasteiger partial charge in [0.15, 0.2) is 0 Å². The zero-order chi connectivity index (χ0) is 21.8. The van der Waals surface area contributed by atoms with Gasteiger partial charge in [-0.25, -0.2) is 13.2 Å². The summed E-state index contributed by atoms with van der Waals surface area (Å²) in [4.78, 5) is 12.6. The highest BCUT2D eigenvalue weighted by atomic mass is 32.2. The molecular formula is C23H23NO6S. The molecule has 0 N–H and O–H groups in total. The maximum atomic E-state index is 12.7. The fourth-order valence-electron chi connectivity index (χ4n) is 3.42. The minimum absolute atomic E-state index is 0.120. The Kier molecular flexibility index (Phi) is 6.22. The molecule has 0 atom stereocenters. The molecule has 1 aliphatic heterocycles. The van der Waals surface area contributed by atoms with E-state index in [4.69, 9.17) is 14.2 Å². The van der Waals surface area contributed by atoms with Crippen molar-refractivity contribution >= 4 is 26.8 Å². The van der Waals surface area contributed by atoms with Crippen molar-refractivity contribution in [2.75, 3.05) is 33.4 Å². The van der Waals surface area contributed by atoms with Crippen LogP contribution in [-0.2, 0) is 26.1 Å². The number of carbonyl (C=O) groups is 1. The van der Waals surface area contributed by atoms with E-state index in [9.17, 15) is 13.2 Å². The highest BCUT2D eigenvalue weighted by Gasteiger charge is 2.26. The number of rotatable bonds is 6. The Labute approximate surface area is 181 Å². The second kappa shape index (κ2) is 9.05. The molecule has 1 aliphatic rings. The van der Waals surface area contributed by atoms with Gasteiger partial charge in [0.25, 0.3) is 0 Å². The molecule has 3 aromatic rings. The molecule has 7 nitrogen and oxygen atoms in total. The summed E-state index contributed by atoms with van der Waals surface area (Å²) in [5, 5.41) is 2.05. The first kappa shape index (κ1) is 21.3. The lowest BCUT2D eigenvalue weighted by Crippen LogP contribution is -2.40. The summed E-state index contributed by atoms with van der Waals surface area (Å²) >= 11 is 0. The number of hydrogen-bond donors (Lipinski definition) is 0. The van der Waals surface area contributed by atoms with Crippen LogP contribution in [-0.4, -0.2) is 52.1 Å². The largest absolute Gasteiger partial charge is 0.497 e. The van der Waals surface area contributed by atoms with Gasteiger partial charge in [-0.05, 0) is 58.8 Å². The molecule has 4 rings (SSSR count). The third-order valence-electron chi connectivity index (χ3n) is 5.18. The van der Waals surface area contributed by atoms with E-state index >= 15 is 0 Å². The number of nitrogens with zero attached hydrogens (tertiary/aromatic N) is 1. The molecule has 0 aromatic heterocycles. The van der Waals surface area contributed by atoms with Gasteiger partial charge < -0.3 is 14.2 Å². The van der Waals surface area contributed by atoms with Crippen LogP contribution in [0.4, 0.5) is 0 Å². The second-order valence-electron chi connectivity index (χ2n) is 7.16. The van der Waals surface area contributed by atoms with E-state index in [1.54, 1.807) is 7.11 Å². The highest BCUT2D eigenvalue weighted by molar-refractivity contribution is 7.89. The van der Waals surface area contributed by atoms with Gasteiger partial charge in [0.2, 0.25) is 10.0 Å². The monoisotopic (exact) mass is 441 g/mol. The minimum Gasteiger partial charge on any atom is -0.497 e. The first-order valence-corrected chi connectivity index (χ1v) is 11.3. The lowest BCUT2D eigenvalue weighted by molar-refractivity contribution is 0.0472. The molecular weight excluding hydrogens is 418 g/mol. The molecule has 0 radical (unpaired) electrons. The molecule has 1 saturated heterocycles. The molecule has 162 valence electrons. The summed E-state index contributed by atoms with van der Waals surface area (Å²) in [7, 11) is -1.97. The van der Waals surface area contributed by atoms with Crippen molar-refractivity contribution in [2.45, 2.75) is 11.5 Å². The van der Waals surface area contributed by atoms with Crippen LogP contribution in [0.15, 0.2) is 65.6 Å². The van der Waals surface area contributed by atoms with Gasteiger partial charge in [0.1, 0.15) is 12.4 Å². The number of morpholine rings is 1. The lowest BCUT2D eigenvalue weighted by Gasteiger charge is -2.26. The zero-order valence-electron chi connectivity index (χ0n) is 17.1. The molecule has 0 spiro atoms. The molecule has 0 saturated carbocycles. The topological polar surface area (TPSA) is 82.1 Å². The average Bonchev–Trinajstić information content (AvgIpc) is 2.82. The first-order valence-electron chi connectivity index (χ1n) is 9.89. The van der Waals surface area contributed by atoms with Crippen LogP contribution < -0.4 is 4.74 Å². The zero-order valence-corrected chi connectivity index (χ0v) is 17.9. The smallest absolute Gasteiger partial charge is 0.338 e. The molecule has 0 amide bonds. The maximum Gasteiger partial charge on any atom is 0.338 e. The van der Waals surface area contributed by atoms with Crippen LogP contribution in [0, 0.1) is 0 Å². The third-order valence-corrected chi connectivity index (χ3v) is 7.09. The van der Waals surface area contributed by atoms with Crippen LogP contribution in [0.3, 0.4) is 0 Å². The summed E-state index contributed by atoms with van der Waals surface area (Å²) in [6.07, 6.45) is 0. The van der Waals surface area contributed by atoms with Crippen LogP contribution in [0.1, 0.15) is 15.9 Å². The number of sulfonamides is 1. The van der Waals surface area contributed by atoms with Gasteiger partial charge in [-0.2, -0.15) is 4.31 Å². The Morgan fingerprint density at radius 2 is 1.65 bits per heavy atom. The third kappa shape index (κ3) is 4.71. The molecule has 8 heteroatoms. The van der Waals surface area contributed by atoms with Crippen LogP contribution >= 0.6 is 0 Å². The maximum absolute atomic E-state index is 12.7. The van der Waals surface area contributed by atoms with E-state index in [1.165, 1.54) is 28.6 Å². The summed E-state index contributed by atoms with van der Waals surface area (Å²) in [6, 6.07) is 17.4. The van der Waals surface area contributed by atoms with Crippen LogP contribution in [0.25, 0.3) is 10.8 Å². The summed E-state index contributed by atoms with van der Waals surface area (Å²) in [5.74, 6) is 0.274. The van der Waals surface area contributed by atoms with Crippen LogP contribution in [0.2, 0.25) is 0 Å². The van der Waals surface area contributed by atoms with E-state index in [2.05, 4.69) is 0 Å². The van der Waals surface area contributed by atoms with E-state index in [-0.39, 0.29) is 11.5 Å². The summed E-state index contributed by atoms with van der Waals surface area (Å²) in [5.41, 5.74) is 1.16. The molecule has 0 unspecified atom stereocenters. The van der Waals surface area contributed by atoms with Crippen molar-refractivity contribution in [1.29, 1.82) is 0 Å². The van der Waals surface area contributed by atoms with E-state index in [0.29, 0.717) is 31.9 Å². The van der Waals surface area contributed by atoms with E-state index in [1.807, 2.05) is 36.4 Å². The molecule has 1 heterocycles. The Bertz CT molecular complexity index is 1180. The Hall–Kier alpha value is -2.94. The predicted octanol–water partition coefficient (Wildman–Crippen LogP) is 3.23. The van der Waals surface area contributed by atoms with E-state index in [0.717, 1.165) is 22.1 Å². The first-order chi connectivity index (χ1) is 15.0. The van der Waals surface area contributed by atoms with Crippen molar-refractivity contribution < 1.29 is 27.4 Å². The number of fused-ring (bicyclic) bond motifs is 1. The minimum atomic E-state index is -3.59. The van der Waals surface area contributed by atoms with Gasteiger partial charge in [0.05, 0.1) is 30.8 Å². The Morgan fingerprint density at radius 1 is 0.968 bits per heavy atom. The van der Waals surface area contributed by atoms with Gasteiger partial charge in [0, 0.05) is 13.1 Å². The molecule has 31 heavy (non-hydrogen) atoms. The number of ether oxygens (including phenoxy) is 3. The summed E-state index contributed by atoms with van der Waals surface area (Å²) in [6.45, 7) is 1.53. The quantitative estimate of drug-likeness (QED) is 0.547.